The van der Waals surface area contributed by atoms with Gasteiger partial charge >= 0.3 is 0 Å². The first-order valence-corrected chi connectivity index (χ1v) is 9.58. The topological polar surface area (TPSA) is 118 Å². The summed E-state index contributed by atoms with van der Waals surface area (Å²) in [5.41, 5.74) is -0.0138. The van der Waals surface area contributed by atoms with Crippen LogP contribution in [0, 0.1) is 5.82 Å². The van der Waals surface area contributed by atoms with E-state index >= 15 is 0 Å². The number of nitrogens with zero attached hydrogens (tertiary/aromatic N) is 1. The number of carbonyl (C=O) groups is 1. The van der Waals surface area contributed by atoms with Crippen LogP contribution in [0.15, 0.2) is 41.4 Å². The van der Waals surface area contributed by atoms with Crippen LogP contribution in [0.3, 0.4) is 0 Å². The molecule has 8 nitrogen and oxygen atoms in total. The zero-order valence-electron chi connectivity index (χ0n) is 14.3. The van der Waals surface area contributed by atoms with Crippen molar-refractivity contribution in [2.24, 2.45) is 0 Å². The second-order valence-corrected chi connectivity index (χ2v) is 7.84. The smallest absolute Gasteiger partial charge is 0.260 e. The lowest BCUT2D eigenvalue weighted by Gasteiger charge is -2.31. The van der Waals surface area contributed by atoms with Gasteiger partial charge in [0.25, 0.3) is 5.91 Å². The van der Waals surface area contributed by atoms with E-state index in [4.69, 9.17) is 4.74 Å². The summed E-state index contributed by atoms with van der Waals surface area (Å²) in [6, 6.07) is 5.96. The minimum absolute atomic E-state index is 0.0138. The number of hydrogen-bond acceptors (Lipinski definition) is 6. The number of amides is 1. The molecule has 0 aliphatic heterocycles. The Kier molecular flexibility index (Phi) is 5.40. The molecule has 0 radical (unpaired) electrons. The zero-order chi connectivity index (χ0) is 19.6. The molecule has 1 fully saturated rings. The van der Waals surface area contributed by atoms with Gasteiger partial charge in [0.15, 0.2) is 0 Å². The van der Waals surface area contributed by atoms with Gasteiger partial charge in [0.2, 0.25) is 10.0 Å². The molecule has 144 valence electrons. The molecule has 0 saturated heterocycles. The van der Waals surface area contributed by atoms with Crippen LogP contribution in [0.25, 0.3) is 0 Å². The Balaban J connectivity index is 1.84. The van der Waals surface area contributed by atoms with Crippen LogP contribution in [-0.4, -0.2) is 43.7 Å². The number of aromatic nitrogens is 1. The van der Waals surface area contributed by atoms with Gasteiger partial charge in [-0.1, -0.05) is 0 Å². The predicted molar refractivity (Wildman–Crippen MR) is 94.5 cm³/mol. The quantitative estimate of drug-likeness (QED) is 0.678. The van der Waals surface area contributed by atoms with Crippen molar-refractivity contribution in [2.45, 2.75) is 29.9 Å². The average molecular weight is 395 g/mol. The van der Waals surface area contributed by atoms with E-state index in [2.05, 4.69) is 15.0 Å². The Hall–Kier alpha value is -2.56. The Labute approximate surface area is 155 Å². The first-order chi connectivity index (χ1) is 12.8. The van der Waals surface area contributed by atoms with Crippen molar-refractivity contribution in [1.82, 2.24) is 9.71 Å². The molecular weight excluding hydrogens is 377 g/mol. The molecule has 0 unspecified atom stereocenters. The molecule has 0 bridgehead atoms. The standard InChI is InChI=1S/C17H18FN3O5S/c1-26-15-4-3-13(27(24,25)21-11-6-12(22)7-11)8-14(15)17(23)20-16-5-2-10(18)9-19-16/h2-5,8-9,11-12,21-22H,6-7H2,1H3,(H,19,20,23). The van der Waals surface area contributed by atoms with E-state index in [0.29, 0.717) is 12.8 Å². The fourth-order valence-corrected chi connectivity index (χ4v) is 3.92. The molecule has 3 N–H and O–H groups in total. The van der Waals surface area contributed by atoms with Gasteiger partial charge < -0.3 is 15.2 Å². The number of halogens is 1. The molecular formula is C17H18FN3O5S. The number of carbonyl (C=O) groups excluding carboxylic acids is 1. The summed E-state index contributed by atoms with van der Waals surface area (Å²) < 4.78 is 45.5. The van der Waals surface area contributed by atoms with Gasteiger partial charge in [-0.2, -0.15) is 0 Å². The maximum absolute atomic E-state index is 12.9. The molecule has 0 spiro atoms. The highest BCUT2D eigenvalue weighted by Gasteiger charge is 2.31. The fraction of sp³-hybridized carbons (Fsp3) is 0.294. The highest BCUT2D eigenvalue weighted by Crippen LogP contribution is 2.26. The van der Waals surface area contributed by atoms with E-state index in [9.17, 15) is 22.7 Å². The number of sulfonamides is 1. The molecule has 1 amide bonds. The third kappa shape index (κ3) is 4.41. The SMILES string of the molecule is COc1ccc(S(=O)(=O)NC2CC(O)C2)cc1C(=O)Nc1ccc(F)cn1. The van der Waals surface area contributed by atoms with Crippen molar-refractivity contribution in [3.05, 3.63) is 47.9 Å². The minimum atomic E-state index is -3.87. The van der Waals surface area contributed by atoms with E-state index in [1.807, 2.05) is 0 Å². The number of aliphatic hydroxyl groups is 1. The summed E-state index contributed by atoms with van der Waals surface area (Å²) in [6.07, 6.45) is 1.14. The van der Waals surface area contributed by atoms with Crippen molar-refractivity contribution in [3.63, 3.8) is 0 Å². The third-order valence-corrected chi connectivity index (χ3v) is 5.65. The molecule has 10 heteroatoms. The number of rotatable bonds is 6. The Bertz CT molecular complexity index is 944. The van der Waals surface area contributed by atoms with Gasteiger partial charge in [-0.15, -0.1) is 0 Å². The van der Waals surface area contributed by atoms with Gasteiger partial charge in [-0.3, -0.25) is 4.79 Å². The lowest BCUT2D eigenvalue weighted by molar-refractivity contribution is 0.0712. The number of aliphatic hydroxyl groups excluding tert-OH is 1. The van der Waals surface area contributed by atoms with Crippen molar-refractivity contribution >= 4 is 21.7 Å². The average Bonchev–Trinajstić information content (AvgIpc) is 2.61. The van der Waals surface area contributed by atoms with E-state index in [1.54, 1.807) is 0 Å². The van der Waals surface area contributed by atoms with E-state index in [1.165, 1.54) is 31.4 Å². The van der Waals surface area contributed by atoms with Gasteiger partial charge in [0.1, 0.15) is 17.4 Å². The first-order valence-electron chi connectivity index (χ1n) is 8.10. The Morgan fingerprint density at radius 1 is 1.30 bits per heavy atom. The van der Waals surface area contributed by atoms with Crippen LogP contribution in [-0.2, 0) is 10.0 Å². The summed E-state index contributed by atoms with van der Waals surface area (Å²) in [7, 11) is -2.51. The van der Waals surface area contributed by atoms with Crippen molar-refractivity contribution in [1.29, 1.82) is 0 Å². The van der Waals surface area contributed by atoms with Crippen LogP contribution in [0.1, 0.15) is 23.2 Å². The van der Waals surface area contributed by atoms with E-state index in [-0.39, 0.29) is 28.1 Å². The molecule has 1 heterocycles. The molecule has 27 heavy (non-hydrogen) atoms. The van der Waals surface area contributed by atoms with Gasteiger partial charge in [0.05, 0.1) is 29.9 Å². The second kappa shape index (κ2) is 7.59. The number of anilines is 1. The molecule has 0 atom stereocenters. The molecule has 1 aliphatic rings. The Morgan fingerprint density at radius 3 is 2.63 bits per heavy atom. The maximum atomic E-state index is 12.9. The highest BCUT2D eigenvalue weighted by atomic mass is 32.2. The fourth-order valence-electron chi connectivity index (χ4n) is 2.64. The summed E-state index contributed by atoms with van der Waals surface area (Å²) in [4.78, 5) is 16.1. The summed E-state index contributed by atoms with van der Waals surface area (Å²) in [5, 5.41) is 11.8. The van der Waals surface area contributed by atoms with Gasteiger partial charge in [-0.25, -0.2) is 22.5 Å². The molecule has 1 saturated carbocycles. The van der Waals surface area contributed by atoms with Crippen LogP contribution in [0.2, 0.25) is 0 Å². The second-order valence-electron chi connectivity index (χ2n) is 6.12. The molecule has 1 aliphatic carbocycles. The van der Waals surface area contributed by atoms with Crippen LogP contribution >= 0.6 is 0 Å². The van der Waals surface area contributed by atoms with Crippen molar-refractivity contribution < 1.29 is 27.4 Å². The highest BCUT2D eigenvalue weighted by molar-refractivity contribution is 7.89. The molecule has 3 rings (SSSR count). The zero-order valence-corrected chi connectivity index (χ0v) is 15.2. The summed E-state index contributed by atoms with van der Waals surface area (Å²) >= 11 is 0. The van der Waals surface area contributed by atoms with Crippen molar-refractivity contribution in [3.8, 4) is 5.75 Å². The normalized spacial score (nSPS) is 19.2. The number of methoxy groups -OCH3 is 1. The maximum Gasteiger partial charge on any atom is 0.260 e. The first kappa shape index (κ1) is 19.2. The largest absolute Gasteiger partial charge is 0.496 e. The molecule has 2 aromatic rings. The summed E-state index contributed by atoms with van der Waals surface area (Å²) in [5.74, 6) is -0.918. The monoisotopic (exact) mass is 395 g/mol. The molecule has 1 aromatic heterocycles. The lowest BCUT2D eigenvalue weighted by Crippen LogP contribution is -2.46. The van der Waals surface area contributed by atoms with Crippen LogP contribution in [0.4, 0.5) is 10.2 Å². The number of hydrogen-bond donors (Lipinski definition) is 3. The molecule has 1 aromatic carbocycles. The Morgan fingerprint density at radius 2 is 2.04 bits per heavy atom. The van der Waals surface area contributed by atoms with Crippen LogP contribution < -0.4 is 14.8 Å². The van der Waals surface area contributed by atoms with Crippen LogP contribution in [0.5, 0.6) is 5.75 Å². The lowest BCUT2D eigenvalue weighted by atomic mass is 9.91. The number of benzene rings is 1. The van der Waals surface area contributed by atoms with Gasteiger partial charge in [0, 0.05) is 6.04 Å². The minimum Gasteiger partial charge on any atom is -0.496 e. The number of pyridine rings is 1. The van der Waals surface area contributed by atoms with Gasteiger partial charge in [-0.05, 0) is 43.2 Å². The van der Waals surface area contributed by atoms with Crippen molar-refractivity contribution in [2.75, 3.05) is 12.4 Å². The van der Waals surface area contributed by atoms with E-state index < -0.39 is 27.9 Å². The summed E-state index contributed by atoms with van der Waals surface area (Å²) in [6.45, 7) is 0. The predicted octanol–water partition coefficient (Wildman–Crippen LogP) is 1.28. The third-order valence-electron chi connectivity index (χ3n) is 4.13. The number of nitrogens with one attached hydrogen (secondary N) is 2. The van der Waals surface area contributed by atoms with E-state index in [0.717, 1.165) is 12.3 Å². The number of ether oxygens (including phenoxy) is 1.